The first-order chi connectivity index (χ1) is 7.50. The Kier molecular flexibility index (Phi) is 5.26. The topological polar surface area (TPSA) is 29.3 Å². The molecule has 1 saturated carbocycles. The van der Waals surface area contributed by atoms with Gasteiger partial charge in [-0.3, -0.25) is 4.90 Å². The van der Waals surface area contributed by atoms with Crippen LogP contribution in [0.5, 0.6) is 0 Å². The van der Waals surface area contributed by atoms with Gasteiger partial charge in [0, 0.05) is 12.6 Å². The standard InChI is InChI=1S/C14H30N2/c1-5-9-16(11-14(3,4)10-15)13-8-6-7-12(13)2/h12-13H,5-11,15H2,1-4H3. The molecule has 1 aliphatic rings. The van der Waals surface area contributed by atoms with Crippen molar-refractivity contribution in [3.63, 3.8) is 0 Å². The lowest BCUT2D eigenvalue weighted by atomic mass is 9.91. The third kappa shape index (κ3) is 3.74. The van der Waals surface area contributed by atoms with Crippen LogP contribution in [0.1, 0.15) is 53.4 Å². The third-order valence-electron chi connectivity index (χ3n) is 3.98. The van der Waals surface area contributed by atoms with Crippen molar-refractivity contribution >= 4 is 0 Å². The predicted molar refractivity (Wildman–Crippen MR) is 71.5 cm³/mol. The van der Waals surface area contributed by atoms with Crippen LogP contribution >= 0.6 is 0 Å². The smallest absolute Gasteiger partial charge is 0.0121 e. The fourth-order valence-electron chi connectivity index (χ4n) is 2.93. The van der Waals surface area contributed by atoms with Crippen molar-refractivity contribution in [2.24, 2.45) is 17.1 Å². The van der Waals surface area contributed by atoms with Gasteiger partial charge in [0.05, 0.1) is 0 Å². The molecule has 1 rings (SSSR count). The SMILES string of the molecule is CCCN(CC(C)(C)CN)C1CCCC1C. The first kappa shape index (κ1) is 14.0. The van der Waals surface area contributed by atoms with Crippen molar-refractivity contribution in [2.75, 3.05) is 19.6 Å². The zero-order chi connectivity index (χ0) is 12.2. The maximum absolute atomic E-state index is 5.86. The highest BCUT2D eigenvalue weighted by molar-refractivity contribution is 4.86. The molecule has 0 aromatic heterocycles. The fraction of sp³-hybridized carbons (Fsp3) is 1.00. The van der Waals surface area contributed by atoms with E-state index in [2.05, 4.69) is 32.6 Å². The molecule has 1 aliphatic carbocycles. The van der Waals surface area contributed by atoms with E-state index in [9.17, 15) is 0 Å². The maximum atomic E-state index is 5.86. The van der Waals surface area contributed by atoms with Crippen molar-refractivity contribution in [1.82, 2.24) is 4.90 Å². The van der Waals surface area contributed by atoms with Crippen LogP contribution in [0.25, 0.3) is 0 Å². The lowest BCUT2D eigenvalue weighted by Gasteiger charge is -2.37. The lowest BCUT2D eigenvalue weighted by molar-refractivity contribution is 0.112. The molecule has 2 unspecified atom stereocenters. The highest BCUT2D eigenvalue weighted by Gasteiger charge is 2.31. The van der Waals surface area contributed by atoms with Gasteiger partial charge in [0.15, 0.2) is 0 Å². The van der Waals surface area contributed by atoms with Gasteiger partial charge in [0.2, 0.25) is 0 Å². The molecule has 2 N–H and O–H groups in total. The van der Waals surface area contributed by atoms with E-state index in [-0.39, 0.29) is 5.41 Å². The van der Waals surface area contributed by atoms with E-state index in [1.165, 1.54) is 32.2 Å². The minimum Gasteiger partial charge on any atom is -0.330 e. The molecular formula is C14H30N2. The molecule has 16 heavy (non-hydrogen) atoms. The monoisotopic (exact) mass is 226 g/mol. The minimum atomic E-state index is 0.261. The van der Waals surface area contributed by atoms with Crippen LogP contribution in [0.3, 0.4) is 0 Å². The maximum Gasteiger partial charge on any atom is 0.0121 e. The normalized spacial score (nSPS) is 26.6. The quantitative estimate of drug-likeness (QED) is 0.754. The Morgan fingerprint density at radius 1 is 1.31 bits per heavy atom. The van der Waals surface area contributed by atoms with Crippen molar-refractivity contribution in [3.05, 3.63) is 0 Å². The Balaban J connectivity index is 2.59. The largest absolute Gasteiger partial charge is 0.330 e. The average Bonchev–Trinajstić information content (AvgIpc) is 2.64. The van der Waals surface area contributed by atoms with Crippen molar-refractivity contribution in [1.29, 1.82) is 0 Å². The first-order valence-electron chi connectivity index (χ1n) is 6.94. The minimum absolute atomic E-state index is 0.261. The molecule has 0 aliphatic heterocycles. The summed E-state index contributed by atoms with van der Waals surface area (Å²) in [6.07, 6.45) is 5.47. The fourth-order valence-corrected chi connectivity index (χ4v) is 2.93. The molecular weight excluding hydrogens is 196 g/mol. The summed E-state index contributed by atoms with van der Waals surface area (Å²) in [7, 11) is 0. The first-order valence-corrected chi connectivity index (χ1v) is 6.94. The van der Waals surface area contributed by atoms with Gasteiger partial charge in [-0.2, -0.15) is 0 Å². The van der Waals surface area contributed by atoms with Crippen molar-refractivity contribution in [3.8, 4) is 0 Å². The molecule has 0 bridgehead atoms. The second-order valence-electron chi connectivity index (χ2n) is 6.31. The summed E-state index contributed by atoms with van der Waals surface area (Å²) in [4.78, 5) is 2.70. The zero-order valence-corrected chi connectivity index (χ0v) is 11.6. The van der Waals surface area contributed by atoms with Crippen LogP contribution < -0.4 is 5.73 Å². The van der Waals surface area contributed by atoms with Crippen LogP contribution in [0, 0.1) is 11.3 Å². The summed E-state index contributed by atoms with van der Waals surface area (Å²) >= 11 is 0. The van der Waals surface area contributed by atoms with Crippen molar-refractivity contribution in [2.45, 2.75) is 59.4 Å². The molecule has 0 aromatic carbocycles. The molecule has 0 spiro atoms. The zero-order valence-electron chi connectivity index (χ0n) is 11.6. The number of nitrogens with zero attached hydrogens (tertiary/aromatic N) is 1. The summed E-state index contributed by atoms with van der Waals surface area (Å²) in [5.74, 6) is 0.875. The van der Waals surface area contributed by atoms with E-state index >= 15 is 0 Å². The number of rotatable bonds is 6. The summed E-state index contributed by atoms with van der Waals surface area (Å²) < 4.78 is 0. The van der Waals surface area contributed by atoms with Gasteiger partial charge in [-0.25, -0.2) is 0 Å². The van der Waals surface area contributed by atoms with Crippen LogP contribution in [0.15, 0.2) is 0 Å². The van der Waals surface area contributed by atoms with Crippen LogP contribution in [0.2, 0.25) is 0 Å². The molecule has 0 amide bonds. The average molecular weight is 226 g/mol. The Hall–Kier alpha value is -0.0800. The van der Waals surface area contributed by atoms with E-state index in [0.29, 0.717) is 0 Å². The van der Waals surface area contributed by atoms with Crippen LogP contribution in [0.4, 0.5) is 0 Å². The molecule has 0 heterocycles. The molecule has 0 aromatic rings. The lowest BCUT2D eigenvalue weighted by Crippen LogP contribution is -2.45. The van der Waals surface area contributed by atoms with E-state index in [1.54, 1.807) is 0 Å². The summed E-state index contributed by atoms with van der Waals surface area (Å²) in [5, 5.41) is 0. The highest BCUT2D eigenvalue weighted by Crippen LogP contribution is 2.31. The molecule has 2 atom stereocenters. The van der Waals surface area contributed by atoms with Crippen LogP contribution in [-0.2, 0) is 0 Å². The van der Waals surface area contributed by atoms with Gasteiger partial charge in [-0.05, 0) is 43.7 Å². The van der Waals surface area contributed by atoms with Gasteiger partial charge >= 0.3 is 0 Å². The van der Waals surface area contributed by atoms with Gasteiger partial charge < -0.3 is 5.73 Å². The highest BCUT2D eigenvalue weighted by atomic mass is 15.2. The van der Waals surface area contributed by atoms with E-state index in [0.717, 1.165) is 25.0 Å². The second-order valence-corrected chi connectivity index (χ2v) is 6.31. The Morgan fingerprint density at radius 2 is 2.00 bits per heavy atom. The Bertz CT molecular complexity index is 201. The summed E-state index contributed by atoms with van der Waals surface area (Å²) in [5.41, 5.74) is 6.12. The Morgan fingerprint density at radius 3 is 2.44 bits per heavy atom. The molecule has 0 radical (unpaired) electrons. The van der Waals surface area contributed by atoms with Crippen molar-refractivity contribution < 1.29 is 0 Å². The molecule has 96 valence electrons. The number of nitrogens with two attached hydrogens (primary N) is 1. The van der Waals surface area contributed by atoms with E-state index < -0.39 is 0 Å². The Labute approximate surface area is 102 Å². The summed E-state index contributed by atoms with van der Waals surface area (Å²) in [6, 6.07) is 0.811. The van der Waals surface area contributed by atoms with Gasteiger partial charge in [0.1, 0.15) is 0 Å². The number of hydrogen-bond acceptors (Lipinski definition) is 2. The second kappa shape index (κ2) is 6.02. The molecule has 2 heteroatoms. The van der Waals surface area contributed by atoms with E-state index in [1.807, 2.05) is 0 Å². The molecule has 1 fully saturated rings. The molecule has 2 nitrogen and oxygen atoms in total. The van der Waals surface area contributed by atoms with Gasteiger partial charge in [-0.1, -0.05) is 34.1 Å². The predicted octanol–water partition coefficient (Wildman–Crippen LogP) is 2.87. The van der Waals surface area contributed by atoms with E-state index in [4.69, 9.17) is 5.73 Å². The summed E-state index contributed by atoms with van der Waals surface area (Å²) in [6.45, 7) is 12.4. The van der Waals surface area contributed by atoms with Crippen LogP contribution in [-0.4, -0.2) is 30.6 Å². The molecule has 0 saturated heterocycles. The van der Waals surface area contributed by atoms with Gasteiger partial charge in [-0.15, -0.1) is 0 Å². The number of hydrogen-bond donors (Lipinski definition) is 1. The third-order valence-corrected chi connectivity index (χ3v) is 3.98. The van der Waals surface area contributed by atoms with Gasteiger partial charge in [0.25, 0.3) is 0 Å².